The van der Waals surface area contributed by atoms with Crippen molar-refractivity contribution in [2.45, 2.75) is 24.3 Å². The number of sulfonamides is 1. The van der Waals surface area contributed by atoms with Crippen LogP contribution in [0.3, 0.4) is 0 Å². The van der Waals surface area contributed by atoms with E-state index in [4.69, 9.17) is 4.74 Å². The van der Waals surface area contributed by atoms with Crippen molar-refractivity contribution in [1.82, 2.24) is 5.32 Å². The fraction of sp³-hybridized carbons (Fsp3) is 0.208. The van der Waals surface area contributed by atoms with Crippen molar-refractivity contribution in [3.63, 3.8) is 0 Å². The van der Waals surface area contributed by atoms with E-state index in [1.165, 1.54) is 11.4 Å². The molecule has 6 nitrogen and oxygen atoms in total. The van der Waals surface area contributed by atoms with Crippen LogP contribution in [-0.2, 0) is 21.2 Å². The Morgan fingerprint density at radius 2 is 1.58 bits per heavy atom. The van der Waals surface area contributed by atoms with Gasteiger partial charge in [0.05, 0.1) is 30.2 Å². The Hall–Kier alpha value is -3.32. The van der Waals surface area contributed by atoms with E-state index in [1.807, 2.05) is 31.2 Å². The quantitative estimate of drug-likeness (QED) is 0.578. The molecule has 0 aliphatic carbocycles. The van der Waals surface area contributed by atoms with Crippen molar-refractivity contribution in [3.8, 4) is 5.75 Å². The number of ether oxygens (including phenoxy) is 1. The number of amides is 1. The number of carbonyl (C=O) groups excluding carboxylic acids is 1. The molecule has 0 fully saturated rings. The van der Waals surface area contributed by atoms with Gasteiger partial charge in [-0.1, -0.05) is 42.5 Å². The van der Waals surface area contributed by atoms with Crippen LogP contribution in [0.2, 0.25) is 0 Å². The number of hydrogen-bond acceptors (Lipinski definition) is 4. The van der Waals surface area contributed by atoms with Gasteiger partial charge in [0.15, 0.2) is 0 Å². The zero-order valence-electron chi connectivity index (χ0n) is 17.8. The highest BCUT2D eigenvalue weighted by atomic mass is 32.2. The third-order valence-corrected chi connectivity index (χ3v) is 6.86. The molecule has 1 N–H and O–H groups in total. The lowest BCUT2D eigenvalue weighted by Crippen LogP contribution is -2.28. The summed E-state index contributed by atoms with van der Waals surface area (Å²) in [5.74, 6) is 0.656. The van der Waals surface area contributed by atoms with Gasteiger partial charge >= 0.3 is 0 Å². The average molecular weight is 439 g/mol. The van der Waals surface area contributed by atoms with E-state index in [2.05, 4.69) is 5.32 Å². The highest BCUT2D eigenvalue weighted by Gasteiger charge is 2.21. The summed E-state index contributed by atoms with van der Waals surface area (Å²) in [7, 11) is -0.509. The second kappa shape index (κ2) is 9.66. The zero-order valence-corrected chi connectivity index (χ0v) is 18.6. The Morgan fingerprint density at radius 3 is 2.16 bits per heavy atom. The van der Waals surface area contributed by atoms with Crippen LogP contribution in [0, 0.1) is 0 Å². The van der Waals surface area contributed by atoms with E-state index in [0.717, 1.165) is 16.9 Å². The van der Waals surface area contributed by atoms with Crippen LogP contribution >= 0.6 is 0 Å². The summed E-state index contributed by atoms with van der Waals surface area (Å²) in [6, 6.07) is 22.6. The molecule has 0 aliphatic rings. The zero-order chi connectivity index (χ0) is 22.4. The molecule has 3 aromatic carbocycles. The molecule has 0 spiro atoms. The minimum atomic E-state index is -3.63. The minimum absolute atomic E-state index is 0.110. The van der Waals surface area contributed by atoms with Crippen LogP contribution in [0.5, 0.6) is 5.75 Å². The van der Waals surface area contributed by atoms with Gasteiger partial charge in [-0.15, -0.1) is 0 Å². The van der Waals surface area contributed by atoms with E-state index < -0.39 is 10.0 Å². The van der Waals surface area contributed by atoms with Crippen molar-refractivity contribution < 1.29 is 17.9 Å². The van der Waals surface area contributed by atoms with Crippen LogP contribution in [-0.4, -0.2) is 28.5 Å². The van der Waals surface area contributed by atoms with E-state index in [9.17, 15) is 13.2 Å². The van der Waals surface area contributed by atoms with Gasteiger partial charge in [0.2, 0.25) is 5.91 Å². The van der Waals surface area contributed by atoms with Crippen molar-refractivity contribution in [1.29, 1.82) is 0 Å². The third-order valence-electron chi connectivity index (χ3n) is 5.06. The Bertz CT molecular complexity index is 1110. The van der Waals surface area contributed by atoms with Crippen LogP contribution in [0.1, 0.15) is 24.1 Å². The number of anilines is 1. The fourth-order valence-electron chi connectivity index (χ4n) is 3.17. The van der Waals surface area contributed by atoms with Gasteiger partial charge in [0, 0.05) is 7.05 Å². The predicted octanol–water partition coefficient (Wildman–Crippen LogP) is 3.94. The summed E-state index contributed by atoms with van der Waals surface area (Å²) >= 11 is 0. The van der Waals surface area contributed by atoms with Gasteiger partial charge in [-0.05, 0) is 54.4 Å². The minimum Gasteiger partial charge on any atom is -0.497 e. The molecule has 0 heterocycles. The molecular weight excluding hydrogens is 412 g/mol. The molecule has 0 aliphatic heterocycles. The number of rotatable bonds is 8. The summed E-state index contributed by atoms with van der Waals surface area (Å²) in [4.78, 5) is 12.7. The molecule has 3 rings (SSSR count). The molecular formula is C24H26N2O4S. The summed E-state index contributed by atoms with van der Waals surface area (Å²) < 4.78 is 31.9. The Morgan fingerprint density at radius 1 is 0.968 bits per heavy atom. The van der Waals surface area contributed by atoms with E-state index in [-0.39, 0.29) is 23.3 Å². The van der Waals surface area contributed by atoms with Crippen molar-refractivity contribution in [2.75, 3.05) is 18.5 Å². The van der Waals surface area contributed by atoms with Crippen molar-refractivity contribution >= 4 is 21.6 Å². The second-order valence-corrected chi connectivity index (χ2v) is 9.16. The maximum absolute atomic E-state index is 12.7. The highest BCUT2D eigenvalue weighted by Crippen LogP contribution is 2.22. The molecule has 162 valence electrons. The maximum atomic E-state index is 12.7. The van der Waals surface area contributed by atoms with Crippen molar-refractivity contribution in [3.05, 3.63) is 90.0 Å². The lowest BCUT2D eigenvalue weighted by Gasteiger charge is -2.20. The topological polar surface area (TPSA) is 75.7 Å². The number of benzene rings is 3. The van der Waals surface area contributed by atoms with Gasteiger partial charge in [-0.2, -0.15) is 0 Å². The first kappa shape index (κ1) is 22.4. The van der Waals surface area contributed by atoms with E-state index in [1.54, 1.807) is 61.7 Å². The monoisotopic (exact) mass is 438 g/mol. The first-order chi connectivity index (χ1) is 14.8. The Labute approximate surface area is 183 Å². The lowest BCUT2D eigenvalue weighted by atomic mass is 10.1. The molecule has 0 saturated carbocycles. The average Bonchev–Trinajstić information content (AvgIpc) is 2.79. The molecule has 0 aromatic heterocycles. The standard InChI is InChI=1S/C24H26N2O4S/c1-18(20-11-15-22(30-3)16-12-20)25-24(27)17-19-9-13-21(14-10-19)26(2)31(28,29)23-7-5-4-6-8-23/h4-16,18H,17H2,1-3H3,(H,25,27). The molecule has 1 atom stereocenters. The van der Waals surface area contributed by atoms with E-state index in [0.29, 0.717) is 5.69 Å². The number of carbonyl (C=O) groups is 1. The van der Waals surface area contributed by atoms with Gasteiger partial charge in [0.1, 0.15) is 5.75 Å². The van der Waals surface area contributed by atoms with Crippen LogP contribution in [0.4, 0.5) is 5.69 Å². The molecule has 31 heavy (non-hydrogen) atoms. The maximum Gasteiger partial charge on any atom is 0.264 e. The highest BCUT2D eigenvalue weighted by molar-refractivity contribution is 7.92. The fourth-order valence-corrected chi connectivity index (χ4v) is 4.38. The normalized spacial score (nSPS) is 12.1. The van der Waals surface area contributed by atoms with Gasteiger partial charge < -0.3 is 10.1 Å². The predicted molar refractivity (Wildman–Crippen MR) is 122 cm³/mol. The molecule has 1 amide bonds. The van der Waals surface area contributed by atoms with E-state index >= 15 is 0 Å². The number of hydrogen-bond donors (Lipinski definition) is 1. The molecule has 3 aromatic rings. The van der Waals surface area contributed by atoms with Gasteiger partial charge in [0.25, 0.3) is 10.0 Å². The summed E-state index contributed by atoms with van der Waals surface area (Å²) in [5.41, 5.74) is 2.31. The third kappa shape index (κ3) is 5.44. The largest absolute Gasteiger partial charge is 0.497 e. The summed E-state index contributed by atoms with van der Waals surface area (Å²) in [6.45, 7) is 1.92. The Kier molecular flexibility index (Phi) is 6.97. The SMILES string of the molecule is COc1ccc(C(C)NC(=O)Cc2ccc(N(C)S(=O)(=O)c3ccccc3)cc2)cc1. The first-order valence-corrected chi connectivity index (χ1v) is 11.3. The number of nitrogens with one attached hydrogen (secondary N) is 1. The van der Waals surface area contributed by atoms with Crippen LogP contribution in [0.15, 0.2) is 83.8 Å². The number of nitrogens with zero attached hydrogens (tertiary/aromatic N) is 1. The molecule has 1 unspecified atom stereocenters. The van der Waals surface area contributed by atoms with Crippen LogP contribution in [0.25, 0.3) is 0 Å². The second-order valence-electron chi connectivity index (χ2n) is 7.19. The summed E-state index contributed by atoms with van der Waals surface area (Å²) in [6.07, 6.45) is 0.204. The first-order valence-electron chi connectivity index (χ1n) is 9.87. The van der Waals surface area contributed by atoms with Gasteiger partial charge in [-0.3, -0.25) is 9.10 Å². The molecule has 0 saturated heterocycles. The van der Waals surface area contributed by atoms with Crippen molar-refractivity contribution in [2.24, 2.45) is 0 Å². The number of methoxy groups -OCH3 is 1. The van der Waals surface area contributed by atoms with Crippen LogP contribution < -0.4 is 14.4 Å². The van der Waals surface area contributed by atoms with Gasteiger partial charge in [-0.25, -0.2) is 8.42 Å². The summed E-state index contributed by atoms with van der Waals surface area (Å²) in [5, 5.41) is 2.98. The lowest BCUT2D eigenvalue weighted by molar-refractivity contribution is -0.121. The molecule has 0 radical (unpaired) electrons. The molecule has 0 bridgehead atoms. The Balaban J connectivity index is 1.62. The smallest absolute Gasteiger partial charge is 0.264 e. The molecule has 7 heteroatoms.